The van der Waals surface area contributed by atoms with Crippen LogP contribution in [-0.2, 0) is 19.8 Å². The summed E-state index contributed by atoms with van der Waals surface area (Å²) in [5.74, 6) is 0. The summed E-state index contributed by atoms with van der Waals surface area (Å²) < 4.78 is 0. The Labute approximate surface area is 93.5 Å². The first kappa shape index (κ1) is 116. The zero-order valence-electron chi connectivity index (χ0n) is 2.62. The molecule has 0 heterocycles. The summed E-state index contributed by atoms with van der Waals surface area (Å²) in [6.45, 7) is 0. The molecule has 0 aliphatic heterocycles. The van der Waals surface area contributed by atoms with E-state index in [-0.39, 0.29) is 94.2 Å². The molecule has 0 aromatic heterocycles. The summed E-state index contributed by atoms with van der Waals surface area (Å²) in [5, 5.41) is 0. The van der Waals surface area contributed by atoms with E-state index in [1.54, 1.807) is 0 Å². The topological polar surface area (TPSA) is 0 Å². The molecule has 0 amide bonds. The number of rotatable bonds is 0. The van der Waals surface area contributed by atoms with Crippen molar-refractivity contribution in [1.29, 1.82) is 0 Å². The van der Waals surface area contributed by atoms with Gasteiger partial charge in [0.2, 0.25) is 0 Å². The molecule has 0 bridgehead atoms. The Morgan fingerprint density at radius 1 is 0.286 bits per heavy atom. The van der Waals surface area contributed by atoms with E-state index in [1.807, 2.05) is 0 Å². The second kappa shape index (κ2) is 80.7. The molecule has 0 saturated heterocycles. The van der Waals surface area contributed by atoms with Crippen LogP contribution in [0.4, 0.5) is 0 Å². The van der Waals surface area contributed by atoms with Gasteiger partial charge in [0, 0.05) is 0 Å². The van der Waals surface area contributed by atoms with Gasteiger partial charge >= 0.3 is 19.8 Å². The van der Waals surface area contributed by atoms with Gasteiger partial charge in [-0.05, 0) is 0 Å². The molecule has 7 heavy (non-hydrogen) atoms. The molecule has 0 rings (SSSR count). The first-order chi connectivity index (χ1) is 0. The molecule has 0 atom stereocenters. The first-order valence-electron chi connectivity index (χ1n) is 0. The van der Waals surface area contributed by atoms with Crippen molar-refractivity contribution in [2.45, 2.75) is 0 Å². The first-order valence-corrected chi connectivity index (χ1v) is 0. The molecule has 0 aromatic rings. The maximum Gasteiger partial charge on any atom is 6.00 e. The molecule has 0 aliphatic carbocycles. The average Bonchev–Trinajstić information content (AvgIpc) is 0. The summed E-state index contributed by atoms with van der Waals surface area (Å²) in [5.41, 5.74) is 0. The van der Waals surface area contributed by atoms with E-state index in [0.717, 1.165) is 0 Å². The quantitative estimate of drug-likeness (QED) is 0.377. The van der Waals surface area contributed by atoms with Crippen LogP contribution in [0.5, 0.6) is 0 Å². The Hall–Kier alpha value is 2.38. The van der Waals surface area contributed by atoms with Gasteiger partial charge in [0.25, 0.3) is 0 Å². The van der Waals surface area contributed by atoms with Crippen LogP contribution < -0.4 is 74.4 Å². The second-order valence-electron chi connectivity index (χ2n) is 0. The maximum atomic E-state index is 0. The van der Waals surface area contributed by atoms with Crippen molar-refractivity contribution in [1.82, 2.24) is 0 Å². The van der Waals surface area contributed by atoms with Crippen LogP contribution in [0.1, 0.15) is 0 Å². The average molecular weight is 403 g/mol. The molecule has 0 saturated carbocycles. The molecule has 50 valence electrons. The van der Waals surface area contributed by atoms with Crippen molar-refractivity contribution in [3.8, 4) is 0 Å². The summed E-state index contributed by atoms with van der Waals surface area (Å²) >= 11 is 0. The second-order valence-corrected chi connectivity index (χ2v) is 0. The molecule has 0 radical (unpaired) electrons. The molecular formula is Cl6Os. The normalized spacial score (nSPS) is 0. The summed E-state index contributed by atoms with van der Waals surface area (Å²) in [6, 6.07) is 0. The summed E-state index contributed by atoms with van der Waals surface area (Å²) in [7, 11) is 0. The van der Waals surface area contributed by atoms with Gasteiger partial charge in [-0.2, -0.15) is 0 Å². The molecule has 0 aliphatic rings. The minimum absolute atomic E-state index is 0. The third-order valence-corrected chi connectivity index (χ3v) is 0. The number of hydrogen-bond acceptors (Lipinski definition) is 0. The molecule has 0 unspecified atom stereocenters. The predicted molar refractivity (Wildman–Crippen MR) is 0 cm³/mol. The number of hydrogen-bond donors (Lipinski definition) is 0. The van der Waals surface area contributed by atoms with Gasteiger partial charge in [0.05, 0.1) is 0 Å². The van der Waals surface area contributed by atoms with Gasteiger partial charge in [-0.3, -0.25) is 0 Å². The fourth-order valence-corrected chi connectivity index (χ4v) is 0. The SMILES string of the molecule is [Cl-].[Cl-].[Cl-].[Cl-].[Cl-].[Cl-].[Os+6]. The van der Waals surface area contributed by atoms with Gasteiger partial charge in [0.15, 0.2) is 0 Å². The summed E-state index contributed by atoms with van der Waals surface area (Å²) in [4.78, 5) is 0. The van der Waals surface area contributed by atoms with E-state index in [0.29, 0.717) is 0 Å². The Kier molecular flexibility index (Phi) is 1340. The van der Waals surface area contributed by atoms with E-state index in [2.05, 4.69) is 0 Å². The largest absolute Gasteiger partial charge is 6.00 e. The van der Waals surface area contributed by atoms with E-state index in [4.69, 9.17) is 0 Å². The van der Waals surface area contributed by atoms with E-state index in [1.165, 1.54) is 0 Å². The fraction of sp³-hybridized carbons (Fsp3) is 0. The fourth-order valence-electron chi connectivity index (χ4n) is 0. The van der Waals surface area contributed by atoms with Crippen LogP contribution in [0, 0.1) is 0 Å². The van der Waals surface area contributed by atoms with Crippen LogP contribution >= 0.6 is 0 Å². The van der Waals surface area contributed by atoms with Crippen LogP contribution in [0.15, 0.2) is 0 Å². The third-order valence-electron chi connectivity index (χ3n) is 0. The Bertz CT molecular complexity index is 4.14. The van der Waals surface area contributed by atoms with Crippen molar-refractivity contribution >= 4 is 0 Å². The van der Waals surface area contributed by atoms with Gasteiger partial charge in [-0.1, -0.05) is 0 Å². The van der Waals surface area contributed by atoms with Crippen LogP contribution in [0.2, 0.25) is 0 Å². The van der Waals surface area contributed by atoms with E-state index < -0.39 is 0 Å². The van der Waals surface area contributed by atoms with Crippen molar-refractivity contribution in [3.63, 3.8) is 0 Å². The molecule has 0 fully saturated rings. The molecule has 0 spiro atoms. The molecule has 7 heteroatoms. The van der Waals surface area contributed by atoms with Crippen LogP contribution in [-0.4, -0.2) is 0 Å². The zero-order valence-corrected chi connectivity index (χ0v) is 9.70. The van der Waals surface area contributed by atoms with Gasteiger partial charge in [-0.25, -0.2) is 0 Å². The Balaban J connectivity index is 0. The Morgan fingerprint density at radius 2 is 0.286 bits per heavy atom. The van der Waals surface area contributed by atoms with Crippen molar-refractivity contribution in [2.75, 3.05) is 0 Å². The minimum atomic E-state index is 0. The monoisotopic (exact) mass is 402 g/mol. The third kappa shape index (κ3) is 60.3. The predicted octanol–water partition coefficient (Wildman–Crippen LogP) is -18.0. The summed E-state index contributed by atoms with van der Waals surface area (Å²) in [6.07, 6.45) is 0. The van der Waals surface area contributed by atoms with Crippen molar-refractivity contribution < 1.29 is 94.2 Å². The van der Waals surface area contributed by atoms with Crippen LogP contribution in [0.25, 0.3) is 0 Å². The van der Waals surface area contributed by atoms with E-state index >= 15 is 0 Å². The van der Waals surface area contributed by atoms with Gasteiger partial charge in [0.1, 0.15) is 0 Å². The van der Waals surface area contributed by atoms with Crippen molar-refractivity contribution in [2.24, 2.45) is 0 Å². The molecule has 0 aromatic carbocycles. The van der Waals surface area contributed by atoms with E-state index in [9.17, 15) is 0 Å². The van der Waals surface area contributed by atoms with Gasteiger partial charge < -0.3 is 74.4 Å². The zero-order chi connectivity index (χ0) is 0. The molecule has 0 N–H and O–H groups in total. The standard InChI is InChI=1S/6ClH.Os/h6*1H;/q;;;;;;+6/p-6. The minimum Gasteiger partial charge on any atom is -1.00 e. The van der Waals surface area contributed by atoms with Gasteiger partial charge in [-0.15, -0.1) is 0 Å². The maximum absolute atomic E-state index is 0. The Morgan fingerprint density at radius 3 is 0.286 bits per heavy atom. The smallest absolute Gasteiger partial charge is 1.00 e. The molecule has 0 nitrogen and oxygen atoms in total. The molecular weight excluding hydrogens is 403 g/mol. The number of halogens is 6. The van der Waals surface area contributed by atoms with Crippen molar-refractivity contribution in [3.05, 3.63) is 0 Å². The van der Waals surface area contributed by atoms with Crippen LogP contribution in [0.3, 0.4) is 0 Å².